The van der Waals surface area contributed by atoms with Gasteiger partial charge in [-0.05, 0) is 48.9 Å². The van der Waals surface area contributed by atoms with Crippen LogP contribution in [0.3, 0.4) is 0 Å². The molecular weight excluding hydrogens is 220 g/mol. The topological polar surface area (TPSA) is 9.23 Å². The normalized spacial score (nSPS) is 15.8. The van der Waals surface area contributed by atoms with Crippen LogP contribution < -0.4 is 4.74 Å². The van der Waals surface area contributed by atoms with Crippen molar-refractivity contribution in [3.63, 3.8) is 0 Å². The van der Waals surface area contributed by atoms with Gasteiger partial charge in [-0.25, -0.2) is 0 Å². The molecule has 0 unspecified atom stereocenters. The number of rotatable bonds is 3. The van der Waals surface area contributed by atoms with Crippen LogP contribution in [0.15, 0.2) is 54.6 Å². The minimum absolute atomic E-state index is 0.438. The largest absolute Gasteiger partial charge is 0.490 e. The van der Waals surface area contributed by atoms with Gasteiger partial charge < -0.3 is 4.74 Å². The van der Waals surface area contributed by atoms with Crippen molar-refractivity contribution >= 4 is 0 Å². The zero-order valence-corrected chi connectivity index (χ0v) is 10.5. The van der Waals surface area contributed by atoms with Crippen LogP contribution in [-0.4, -0.2) is 6.10 Å². The van der Waals surface area contributed by atoms with Crippen LogP contribution in [0.2, 0.25) is 0 Å². The van der Waals surface area contributed by atoms with Crippen LogP contribution >= 0.6 is 0 Å². The van der Waals surface area contributed by atoms with Crippen molar-refractivity contribution in [2.24, 2.45) is 0 Å². The van der Waals surface area contributed by atoms with Gasteiger partial charge in [-0.3, -0.25) is 0 Å². The molecule has 0 spiro atoms. The van der Waals surface area contributed by atoms with Crippen molar-refractivity contribution in [2.45, 2.75) is 31.8 Å². The Bertz CT molecular complexity index is 481. The SMILES string of the molecule is c1ccc(-c2ccc(OC3CCCC3)cc2)cc1. The first-order valence-corrected chi connectivity index (χ1v) is 6.74. The first-order chi connectivity index (χ1) is 8.92. The molecule has 0 saturated heterocycles. The van der Waals surface area contributed by atoms with E-state index in [1.165, 1.54) is 36.8 Å². The van der Waals surface area contributed by atoms with E-state index >= 15 is 0 Å². The molecule has 0 heterocycles. The van der Waals surface area contributed by atoms with E-state index in [0.717, 1.165) is 5.75 Å². The third-order valence-electron chi connectivity index (χ3n) is 3.57. The van der Waals surface area contributed by atoms with E-state index in [9.17, 15) is 0 Å². The summed E-state index contributed by atoms with van der Waals surface area (Å²) in [6.45, 7) is 0. The molecule has 1 nitrogen and oxygen atoms in total. The average molecular weight is 238 g/mol. The third kappa shape index (κ3) is 2.56. The van der Waals surface area contributed by atoms with Crippen molar-refractivity contribution in [3.05, 3.63) is 54.6 Å². The van der Waals surface area contributed by atoms with Crippen LogP contribution in [0.25, 0.3) is 11.1 Å². The molecule has 0 aliphatic heterocycles. The second-order valence-electron chi connectivity index (χ2n) is 4.91. The van der Waals surface area contributed by atoms with Gasteiger partial charge in [0.15, 0.2) is 0 Å². The Morgan fingerprint density at radius 2 is 1.33 bits per heavy atom. The van der Waals surface area contributed by atoms with E-state index < -0.39 is 0 Å². The summed E-state index contributed by atoms with van der Waals surface area (Å²) in [5.74, 6) is 1.00. The molecule has 0 bridgehead atoms. The molecule has 0 aromatic heterocycles. The molecule has 0 amide bonds. The number of hydrogen-bond donors (Lipinski definition) is 0. The minimum atomic E-state index is 0.438. The molecule has 0 N–H and O–H groups in total. The highest BCUT2D eigenvalue weighted by Gasteiger charge is 2.16. The number of benzene rings is 2. The average Bonchev–Trinajstić information content (AvgIpc) is 2.94. The van der Waals surface area contributed by atoms with E-state index in [1.807, 2.05) is 6.07 Å². The molecule has 18 heavy (non-hydrogen) atoms. The summed E-state index contributed by atoms with van der Waals surface area (Å²) in [5.41, 5.74) is 2.50. The highest BCUT2D eigenvalue weighted by molar-refractivity contribution is 5.63. The Morgan fingerprint density at radius 1 is 0.722 bits per heavy atom. The van der Waals surface area contributed by atoms with Crippen molar-refractivity contribution < 1.29 is 4.74 Å². The first-order valence-electron chi connectivity index (χ1n) is 6.74. The Balaban J connectivity index is 1.72. The molecule has 1 saturated carbocycles. The van der Waals surface area contributed by atoms with Crippen molar-refractivity contribution in [3.8, 4) is 16.9 Å². The lowest BCUT2D eigenvalue weighted by atomic mass is 10.1. The summed E-state index contributed by atoms with van der Waals surface area (Å²) < 4.78 is 5.97. The van der Waals surface area contributed by atoms with Gasteiger partial charge in [0.25, 0.3) is 0 Å². The first kappa shape index (κ1) is 11.3. The van der Waals surface area contributed by atoms with E-state index in [-0.39, 0.29) is 0 Å². The zero-order chi connectivity index (χ0) is 12.2. The maximum Gasteiger partial charge on any atom is 0.119 e. The van der Waals surface area contributed by atoms with Crippen molar-refractivity contribution in [2.75, 3.05) is 0 Å². The molecule has 92 valence electrons. The fourth-order valence-electron chi connectivity index (χ4n) is 2.56. The second-order valence-corrected chi connectivity index (χ2v) is 4.91. The lowest BCUT2D eigenvalue weighted by molar-refractivity contribution is 0.210. The molecule has 1 heteroatoms. The summed E-state index contributed by atoms with van der Waals surface area (Å²) >= 11 is 0. The van der Waals surface area contributed by atoms with Gasteiger partial charge in [0.1, 0.15) is 5.75 Å². The number of hydrogen-bond acceptors (Lipinski definition) is 1. The van der Waals surface area contributed by atoms with Crippen LogP contribution in [-0.2, 0) is 0 Å². The van der Waals surface area contributed by atoms with Crippen LogP contribution in [0.5, 0.6) is 5.75 Å². The lowest BCUT2D eigenvalue weighted by Crippen LogP contribution is -2.10. The summed E-state index contributed by atoms with van der Waals surface area (Å²) in [6, 6.07) is 18.9. The minimum Gasteiger partial charge on any atom is -0.490 e. The molecule has 2 aromatic rings. The summed E-state index contributed by atoms with van der Waals surface area (Å²) in [7, 11) is 0. The Morgan fingerprint density at radius 3 is 2.00 bits per heavy atom. The Labute approximate surface area is 108 Å². The second kappa shape index (κ2) is 5.26. The van der Waals surface area contributed by atoms with E-state index in [4.69, 9.17) is 4.74 Å². The molecule has 1 aliphatic rings. The predicted octanol–water partition coefficient (Wildman–Crippen LogP) is 4.68. The predicted molar refractivity (Wildman–Crippen MR) is 74.8 cm³/mol. The Hall–Kier alpha value is -1.76. The monoisotopic (exact) mass is 238 g/mol. The van der Waals surface area contributed by atoms with Crippen molar-refractivity contribution in [1.29, 1.82) is 0 Å². The van der Waals surface area contributed by atoms with Gasteiger partial charge in [-0.2, -0.15) is 0 Å². The zero-order valence-electron chi connectivity index (χ0n) is 10.5. The summed E-state index contributed by atoms with van der Waals surface area (Å²) in [5, 5.41) is 0. The van der Waals surface area contributed by atoms with E-state index in [1.54, 1.807) is 0 Å². The summed E-state index contributed by atoms with van der Waals surface area (Å²) in [6.07, 6.45) is 5.48. The molecule has 0 radical (unpaired) electrons. The lowest BCUT2D eigenvalue weighted by Gasteiger charge is -2.13. The highest BCUT2D eigenvalue weighted by atomic mass is 16.5. The van der Waals surface area contributed by atoms with Gasteiger partial charge >= 0.3 is 0 Å². The molecular formula is C17H18O. The third-order valence-corrected chi connectivity index (χ3v) is 3.57. The van der Waals surface area contributed by atoms with Crippen molar-refractivity contribution in [1.82, 2.24) is 0 Å². The van der Waals surface area contributed by atoms with Gasteiger partial charge in [0, 0.05) is 0 Å². The van der Waals surface area contributed by atoms with Gasteiger partial charge in [0.05, 0.1) is 6.10 Å². The van der Waals surface area contributed by atoms with E-state index in [2.05, 4.69) is 48.5 Å². The molecule has 3 rings (SSSR count). The summed E-state index contributed by atoms with van der Waals surface area (Å²) in [4.78, 5) is 0. The van der Waals surface area contributed by atoms with Gasteiger partial charge in [-0.1, -0.05) is 42.5 Å². The standard InChI is InChI=1S/C17H18O/c1-2-6-14(7-3-1)15-10-12-17(13-11-15)18-16-8-4-5-9-16/h1-3,6-7,10-13,16H,4-5,8-9H2. The molecule has 1 fully saturated rings. The van der Waals surface area contributed by atoms with Crippen LogP contribution in [0.1, 0.15) is 25.7 Å². The van der Waals surface area contributed by atoms with Crippen LogP contribution in [0, 0.1) is 0 Å². The Kier molecular flexibility index (Phi) is 3.31. The smallest absolute Gasteiger partial charge is 0.119 e. The maximum atomic E-state index is 5.97. The fraction of sp³-hybridized carbons (Fsp3) is 0.294. The van der Waals surface area contributed by atoms with E-state index in [0.29, 0.717) is 6.10 Å². The molecule has 0 atom stereocenters. The van der Waals surface area contributed by atoms with Crippen LogP contribution in [0.4, 0.5) is 0 Å². The molecule has 2 aromatic carbocycles. The number of ether oxygens (including phenoxy) is 1. The molecule has 1 aliphatic carbocycles. The quantitative estimate of drug-likeness (QED) is 0.754. The maximum absolute atomic E-state index is 5.97. The van der Waals surface area contributed by atoms with Gasteiger partial charge in [0.2, 0.25) is 0 Å². The fourth-order valence-corrected chi connectivity index (χ4v) is 2.56. The van der Waals surface area contributed by atoms with Gasteiger partial charge in [-0.15, -0.1) is 0 Å². The highest BCUT2D eigenvalue weighted by Crippen LogP contribution is 2.26.